The second-order valence-corrected chi connectivity index (χ2v) is 3.58. The summed E-state index contributed by atoms with van der Waals surface area (Å²) < 4.78 is 0. The molecule has 0 fully saturated rings. The summed E-state index contributed by atoms with van der Waals surface area (Å²) in [6, 6.07) is 6.20. The van der Waals surface area contributed by atoms with Crippen LogP contribution in [0.4, 0.5) is 5.95 Å². The Balaban J connectivity index is 2.54. The van der Waals surface area contributed by atoms with Crippen molar-refractivity contribution in [2.24, 2.45) is 0 Å². The molecular formula is C12H13N3. The molecule has 1 heterocycles. The minimum absolute atomic E-state index is 0.309. The van der Waals surface area contributed by atoms with Crippen LogP contribution in [-0.2, 0) is 0 Å². The van der Waals surface area contributed by atoms with E-state index in [9.17, 15) is 0 Å². The third-order valence-electron chi connectivity index (χ3n) is 2.59. The van der Waals surface area contributed by atoms with Crippen LogP contribution in [0.3, 0.4) is 0 Å². The lowest BCUT2D eigenvalue weighted by molar-refractivity contribution is 1.18. The molecule has 15 heavy (non-hydrogen) atoms. The zero-order chi connectivity index (χ0) is 10.8. The summed E-state index contributed by atoms with van der Waals surface area (Å²) >= 11 is 0. The van der Waals surface area contributed by atoms with Gasteiger partial charge in [-0.15, -0.1) is 0 Å². The van der Waals surface area contributed by atoms with Gasteiger partial charge in [-0.2, -0.15) is 0 Å². The third kappa shape index (κ3) is 1.81. The van der Waals surface area contributed by atoms with Crippen molar-refractivity contribution in [3.05, 3.63) is 41.7 Å². The molecule has 0 saturated heterocycles. The maximum atomic E-state index is 5.45. The molecule has 76 valence electrons. The van der Waals surface area contributed by atoms with E-state index in [2.05, 4.69) is 35.9 Å². The molecule has 0 saturated carbocycles. The molecule has 0 aliphatic rings. The molecule has 3 heteroatoms. The highest BCUT2D eigenvalue weighted by atomic mass is 15.0. The number of hydrogen-bond acceptors (Lipinski definition) is 3. The summed E-state index contributed by atoms with van der Waals surface area (Å²) in [7, 11) is 0. The lowest BCUT2D eigenvalue weighted by Gasteiger charge is -2.07. The van der Waals surface area contributed by atoms with E-state index >= 15 is 0 Å². The number of nitrogens with two attached hydrogens (primary N) is 1. The largest absolute Gasteiger partial charge is 0.368 e. The van der Waals surface area contributed by atoms with Gasteiger partial charge < -0.3 is 5.73 Å². The smallest absolute Gasteiger partial charge is 0.219 e. The van der Waals surface area contributed by atoms with E-state index in [0.29, 0.717) is 5.95 Å². The predicted molar refractivity (Wildman–Crippen MR) is 61.4 cm³/mol. The van der Waals surface area contributed by atoms with Crippen LogP contribution >= 0.6 is 0 Å². The standard InChI is InChI=1S/C12H13N3/c1-8-4-3-5-11(9(8)2)10-6-14-12(13)15-7-10/h3-7H,1-2H3,(H2,13,14,15). The third-order valence-corrected chi connectivity index (χ3v) is 2.59. The fraction of sp³-hybridized carbons (Fsp3) is 0.167. The van der Waals surface area contributed by atoms with Crippen LogP contribution in [0.15, 0.2) is 30.6 Å². The van der Waals surface area contributed by atoms with E-state index in [1.165, 1.54) is 11.1 Å². The zero-order valence-electron chi connectivity index (χ0n) is 8.86. The van der Waals surface area contributed by atoms with Crippen LogP contribution in [0.1, 0.15) is 11.1 Å². The summed E-state index contributed by atoms with van der Waals surface area (Å²) in [5, 5.41) is 0. The summed E-state index contributed by atoms with van der Waals surface area (Å²) in [6.07, 6.45) is 3.51. The van der Waals surface area contributed by atoms with Crippen molar-refractivity contribution < 1.29 is 0 Å². The van der Waals surface area contributed by atoms with E-state index in [1.807, 2.05) is 6.07 Å². The molecule has 0 aliphatic heterocycles. The van der Waals surface area contributed by atoms with Gasteiger partial charge in [0.25, 0.3) is 0 Å². The molecule has 0 spiro atoms. The average molecular weight is 199 g/mol. The maximum absolute atomic E-state index is 5.45. The van der Waals surface area contributed by atoms with Gasteiger partial charge in [0.1, 0.15) is 0 Å². The van der Waals surface area contributed by atoms with Crippen LogP contribution in [0, 0.1) is 13.8 Å². The second kappa shape index (κ2) is 3.69. The fourth-order valence-electron chi connectivity index (χ4n) is 1.54. The Hall–Kier alpha value is -1.90. The highest BCUT2D eigenvalue weighted by Gasteiger charge is 2.03. The first-order chi connectivity index (χ1) is 7.18. The van der Waals surface area contributed by atoms with Crippen LogP contribution in [0.25, 0.3) is 11.1 Å². The normalized spacial score (nSPS) is 10.3. The number of rotatable bonds is 1. The first-order valence-corrected chi connectivity index (χ1v) is 4.82. The van der Waals surface area contributed by atoms with Gasteiger partial charge in [-0.05, 0) is 30.5 Å². The Labute approximate surface area is 89.0 Å². The lowest BCUT2D eigenvalue weighted by atomic mass is 9.99. The Morgan fingerprint density at radius 2 is 1.73 bits per heavy atom. The minimum atomic E-state index is 0.309. The Morgan fingerprint density at radius 1 is 1.07 bits per heavy atom. The molecule has 0 atom stereocenters. The topological polar surface area (TPSA) is 51.8 Å². The molecule has 0 bridgehead atoms. The highest BCUT2D eigenvalue weighted by molar-refractivity contribution is 5.67. The fourth-order valence-corrected chi connectivity index (χ4v) is 1.54. The van der Waals surface area contributed by atoms with Crippen molar-refractivity contribution in [2.75, 3.05) is 5.73 Å². The SMILES string of the molecule is Cc1cccc(-c2cnc(N)nc2)c1C. The summed E-state index contributed by atoms with van der Waals surface area (Å²) in [4.78, 5) is 7.99. The van der Waals surface area contributed by atoms with Crippen molar-refractivity contribution in [3.63, 3.8) is 0 Å². The molecule has 2 rings (SSSR count). The Bertz CT molecular complexity index is 475. The number of hydrogen-bond donors (Lipinski definition) is 1. The van der Waals surface area contributed by atoms with Gasteiger partial charge >= 0.3 is 0 Å². The van der Waals surface area contributed by atoms with Crippen molar-refractivity contribution in [1.82, 2.24) is 9.97 Å². The monoisotopic (exact) mass is 199 g/mol. The molecule has 1 aromatic carbocycles. The number of aryl methyl sites for hydroxylation is 1. The van der Waals surface area contributed by atoms with Crippen LogP contribution in [0.5, 0.6) is 0 Å². The zero-order valence-corrected chi connectivity index (χ0v) is 8.86. The van der Waals surface area contributed by atoms with Gasteiger partial charge in [-0.3, -0.25) is 0 Å². The average Bonchev–Trinajstić information content (AvgIpc) is 2.24. The minimum Gasteiger partial charge on any atom is -0.368 e. The lowest BCUT2D eigenvalue weighted by Crippen LogP contribution is -1.94. The Morgan fingerprint density at radius 3 is 2.40 bits per heavy atom. The van der Waals surface area contributed by atoms with E-state index in [1.54, 1.807) is 12.4 Å². The predicted octanol–water partition coefficient (Wildman–Crippen LogP) is 2.34. The summed E-state index contributed by atoms with van der Waals surface area (Å²) in [6.45, 7) is 4.19. The number of anilines is 1. The summed E-state index contributed by atoms with van der Waals surface area (Å²) in [5.74, 6) is 0.309. The molecule has 0 unspecified atom stereocenters. The van der Waals surface area contributed by atoms with Gasteiger partial charge in [-0.25, -0.2) is 9.97 Å². The highest BCUT2D eigenvalue weighted by Crippen LogP contribution is 2.24. The van der Waals surface area contributed by atoms with Gasteiger partial charge in [-0.1, -0.05) is 18.2 Å². The molecule has 2 N–H and O–H groups in total. The van der Waals surface area contributed by atoms with Crippen molar-refractivity contribution in [3.8, 4) is 11.1 Å². The molecular weight excluding hydrogens is 186 g/mol. The maximum Gasteiger partial charge on any atom is 0.219 e. The molecule has 0 aliphatic carbocycles. The van der Waals surface area contributed by atoms with E-state index in [4.69, 9.17) is 5.73 Å². The molecule has 2 aromatic rings. The second-order valence-electron chi connectivity index (χ2n) is 3.58. The summed E-state index contributed by atoms with van der Waals surface area (Å²) in [5.41, 5.74) is 10.1. The van der Waals surface area contributed by atoms with Gasteiger partial charge in [0.2, 0.25) is 5.95 Å². The number of nitrogen functional groups attached to an aromatic ring is 1. The van der Waals surface area contributed by atoms with Gasteiger partial charge in [0, 0.05) is 18.0 Å². The quantitative estimate of drug-likeness (QED) is 0.767. The van der Waals surface area contributed by atoms with E-state index in [-0.39, 0.29) is 0 Å². The molecule has 0 radical (unpaired) electrons. The van der Waals surface area contributed by atoms with Gasteiger partial charge in [0.05, 0.1) is 0 Å². The number of nitrogens with zero attached hydrogens (tertiary/aromatic N) is 2. The van der Waals surface area contributed by atoms with E-state index in [0.717, 1.165) is 11.1 Å². The van der Waals surface area contributed by atoms with Gasteiger partial charge in [0.15, 0.2) is 0 Å². The first-order valence-electron chi connectivity index (χ1n) is 4.82. The first kappa shape index (κ1) is 9.65. The van der Waals surface area contributed by atoms with Crippen LogP contribution < -0.4 is 5.73 Å². The molecule has 0 amide bonds. The van der Waals surface area contributed by atoms with Crippen molar-refractivity contribution in [2.45, 2.75) is 13.8 Å². The molecule has 3 nitrogen and oxygen atoms in total. The van der Waals surface area contributed by atoms with Crippen LogP contribution in [0.2, 0.25) is 0 Å². The molecule has 1 aromatic heterocycles. The number of aromatic nitrogens is 2. The van der Waals surface area contributed by atoms with Crippen molar-refractivity contribution in [1.29, 1.82) is 0 Å². The van der Waals surface area contributed by atoms with Crippen LogP contribution in [-0.4, -0.2) is 9.97 Å². The van der Waals surface area contributed by atoms with E-state index < -0.39 is 0 Å². The number of benzene rings is 1. The van der Waals surface area contributed by atoms with Crippen molar-refractivity contribution >= 4 is 5.95 Å². The Kier molecular flexibility index (Phi) is 2.37.